The standard InChI is InChI=1S/C15H13ClN2O2S/c16-11-6-4-9(5-7-11)14(19)17-18-15(20)13-8-10-2-1-3-12(10)21-13/h4-8H,1-3H2,(H,17,19)(H,18,20). The molecule has 0 aliphatic heterocycles. The third kappa shape index (κ3) is 3.09. The molecule has 2 amide bonds. The minimum Gasteiger partial charge on any atom is -0.267 e. The van der Waals surface area contributed by atoms with Gasteiger partial charge in [0.15, 0.2) is 0 Å². The number of hydrazine groups is 1. The fourth-order valence-corrected chi connectivity index (χ4v) is 3.56. The van der Waals surface area contributed by atoms with Gasteiger partial charge in [0.1, 0.15) is 0 Å². The summed E-state index contributed by atoms with van der Waals surface area (Å²) < 4.78 is 0. The number of rotatable bonds is 2. The van der Waals surface area contributed by atoms with E-state index >= 15 is 0 Å². The van der Waals surface area contributed by atoms with Gasteiger partial charge in [-0.25, -0.2) is 0 Å². The second kappa shape index (κ2) is 5.87. The van der Waals surface area contributed by atoms with Crippen LogP contribution in [0.25, 0.3) is 0 Å². The van der Waals surface area contributed by atoms with Crippen LogP contribution in [-0.4, -0.2) is 11.8 Å². The summed E-state index contributed by atoms with van der Waals surface area (Å²) in [6, 6.07) is 8.37. The maximum atomic E-state index is 12.0. The average molecular weight is 321 g/mol. The molecule has 0 unspecified atom stereocenters. The van der Waals surface area contributed by atoms with Crippen molar-refractivity contribution in [2.24, 2.45) is 0 Å². The van der Waals surface area contributed by atoms with Gasteiger partial charge in [-0.05, 0) is 55.2 Å². The maximum Gasteiger partial charge on any atom is 0.279 e. The Bertz CT molecular complexity index is 673. The Balaban J connectivity index is 1.60. The summed E-state index contributed by atoms with van der Waals surface area (Å²) >= 11 is 7.26. The molecule has 1 aliphatic carbocycles. The predicted molar refractivity (Wildman–Crippen MR) is 82.7 cm³/mol. The van der Waals surface area contributed by atoms with Gasteiger partial charge in [0.25, 0.3) is 11.8 Å². The largest absolute Gasteiger partial charge is 0.279 e. The molecule has 2 N–H and O–H groups in total. The van der Waals surface area contributed by atoms with E-state index in [0.717, 1.165) is 19.3 Å². The minimum atomic E-state index is -0.371. The molecule has 1 heterocycles. The highest BCUT2D eigenvalue weighted by Gasteiger charge is 2.18. The molecule has 2 aromatic rings. The van der Waals surface area contributed by atoms with E-state index in [4.69, 9.17) is 11.6 Å². The summed E-state index contributed by atoms with van der Waals surface area (Å²) in [5, 5.41) is 0.559. The van der Waals surface area contributed by atoms with E-state index in [-0.39, 0.29) is 11.8 Å². The van der Waals surface area contributed by atoms with Crippen molar-refractivity contribution >= 4 is 34.8 Å². The van der Waals surface area contributed by atoms with Crippen molar-refractivity contribution in [1.29, 1.82) is 0 Å². The molecule has 0 fully saturated rings. The van der Waals surface area contributed by atoms with Crippen molar-refractivity contribution in [3.63, 3.8) is 0 Å². The van der Waals surface area contributed by atoms with Gasteiger partial charge in [0.05, 0.1) is 4.88 Å². The SMILES string of the molecule is O=C(NNC(=O)c1cc2c(s1)CCC2)c1ccc(Cl)cc1. The highest BCUT2D eigenvalue weighted by molar-refractivity contribution is 7.14. The second-order valence-corrected chi connectivity index (χ2v) is 6.40. The van der Waals surface area contributed by atoms with Crippen LogP contribution in [0.3, 0.4) is 0 Å². The number of halogens is 1. The smallest absolute Gasteiger partial charge is 0.267 e. The molecule has 1 aromatic heterocycles. The highest BCUT2D eigenvalue weighted by atomic mass is 35.5. The average Bonchev–Trinajstić information content (AvgIpc) is 3.06. The predicted octanol–water partition coefficient (Wildman–Crippen LogP) is 2.97. The van der Waals surface area contributed by atoms with Crippen molar-refractivity contribution in [2.45, 2.75) is 19.3 Å². The molecule has 4 nitrogen and oxygen atoms in total. The lowest BCUT2D eigenvalue weighted by molar-refractivity contribution is 0.0849. The van der Waals surface area contributed by atoms with Gasteiger partial charge in [0.2, 0.25) is 0 Å². The van der Waals surface area contributed by atoms with Crippen LogP contribution in [0.5, 0.6) is 0 Å². The van der Waals surface area contributed by atoms with E-state index in [9.17, 15) is 9.59 Å². The number of amides is 2. The summed E-state index contributed by atoms with van der Waals surface area (Å²) in [7, 11) is 0. The van der Waals surface area contributed by atoms with Crippen LogP contribution >= 0.6 is 22.9 Å². The molecular weight excluding hydrogens is 308 g/mol. The van der Waals surface area contributed by atoms with Crippen molar-refractivity contribution in [1.82, 2.24) is 10.9 Å². The van der Waals surface area contributed by atoms with Crippen LogP contribution in [0.15, 0.2) is 30.3 Å². The quantitative estimate of drug-likeness (QED) is 0.836. The number of carbonyl (C=O) groups is 2. The van der Waals surface area contributed by atoms with Crippen LogP contribution in [-0.2, 0) is 12.8 Å². The Morgan fingerprint density at radius 2 is 1.76 bits per heavy atom. The number of nitrogens with one attached hydrogen (secondary N) is 2. The topological polar surface area (TPSA) is 58.2 Å². The van der Waals surface area contributed by atoms with Crippen LogP contribution in [0.2, 0.25) is 5.02 Å². The Hall–Kier alpha value is -1.85. The van der Waals surface area contributed by atoms with Gasteiger partial charge in [0, 0.05) is 15.5 Å². The fraction of sp³-hybridized carbons (Fsp3) is 0.200. The molecule has 0 bridgehead atoms. The van der Waals surface area contributed by atoms with Crippen LogP contribution in [0, 0.1) is 0 Å². The lowest BCUT2D eigenvalue weighted by Gasteiger charge is -2.06. The van der Waals surface area contributed by atoms with Crippen LogP contribution in [0.4, 0.5) is 0 Å². The second-order valence-electron chi connectivity index (χ2n) is 4.83. The molecule has 0 atom stereocenters. The molecule has 0 spiro atoms. The number of fused-ring (bicyclic) bond motifs is 1. The van der Waals surface area contributed by atoms with Gasteiger partial charge in [-0.15, -0.1) is 11.3 Å². The molecule has 21 heavy (non-hydrogen) atoms. The third-order valence-corrected chi connectivity index (χ3v) is 4.85. The summed E-state index contributed by atoms with van der Waals surface area (Å²) in [6.45, 7) is 0. The van der Waals surface area contributed by atoms with Gasteiger partial charge < -0.3 is 0 Å². The Morgan fingerprint density at radius 1 is 1.05 bits per heavy atom. The first kappa shape index (κ1) is 14.1. The summed E-state index contributed by atoms with van der Waals surface area (Å²) in [6.07, 6.45) is 3.25. The van der Waals surface area contributed by atoms with Crippen molar-refractivity contribution in [2.75, 3.05) is 0 Å². The molecule has 3 rings (SSSR count). The van der Waals surface area contributed by atoms with E-state index < -0.39 is 0 Å². The zero-order valence-corrected chi connectivity index (χ0v) is 12.7. The molecule has 6 heteroatoms. The fourth-order valence-electron chi connectivity index (χ4n) is 2.29. The number of carbonyl (C=O) groups excluding carboxylic acids is 2. The van der Waals surface area contributed by atoms with Gasteiger partial charge in [-0.3, -0.25) is 20.4 Å². The molecule has 1 aliphatic rings. The first-order chi connectivity index (χ1) is 10.1. The number of benzene rings is 1. The van der Waals surface area contributed by atoms with Crippen LogP contribution < -0.4 is 10.9 Å². The number of hydrogen-bond donors (Lipinski definition) is 2. The monoisotopic (exact) mass is 320 g/mol. The summed E-state index contributed by atoms with van der Waals surface area (Å²) in [5.74, 6) is -0.652. The summed E-state index contributed by atoms with van der Waals surface area (Å²) in [5.41, 5.74) is 6.54. The molecule has 1 aromatic carbocycles. The summed E-state index contributed by atoms with van der Waals surface area (Å²) in [4.78, 5) is 25.8. The van der Waals surface area contributed by atoms with Crippen molar-refractivity contribution in [3.05, 3.63) is 56.2 Å². The van der Waals surface area contributed by atoms with Gasteiger partial charge in [-0.2, -0.15) is 0 Å². The first-order valence-corrected chi connectivity index (χ1v) is 7.81. The minimum absolute atomic E-state index is 0.281. The van der Waals surface area contributed by atoms with E-state index in [1.165, 1.54) is 21.8 Å². The zero-order valence-electron chi connectivity index (χ0n) is 11.1. The Morgan fingerprint density at radius 3 is 2.48 bits per heavy atom. The first-order valence-electron chi connectivity index (χ1n) is 6.61. The number of aryl methyl sites for hydroxylation is 2. The Kier molecular flexibility index (Phi) is 3.94. The zero-order chi connectivity index (χ0) is 14.8. The van der Waals surface area contributed by atoms with E-state index in [1.54, 1.807) is 24.3 Å². The van der Waals surface area contributed by atoms with Gasteiger partial charge in [-0.1, -0.05) is 11.6 Å². The van der Waals surface area contributed by atoms with E-state index in [1.807, 2.05) is 6.07 Å². The number of hydrogen-bond acceptors (Lipinski definition) is 3. The number of thiophene rings is 1. The molecule has 0 saturated carbocycles. The highest BCUT2D eigenvalue weighted by Crippen LogP contribution is 2.30. The maximum absolute atomic E-state index is 12.0. The molecule has 0 radical (unpaired) electrons. The van der Waals surface area contributed by atoms with E-state index in [0.29, 0.717) is 15.5 Å². The van der Waals surface area contributed by atoms with Crippen molar-refractivity contribution < 1.29 is 9.59 Å². The molecular formula is C15H13ClN2O2S. The molecule has 0 saturated heterocycles. The van der Waals surface area contributed by atoms with Crippen LogP contribution in [0.1, 0.15) is 36.9 Å². The van der Waals surface area contributed by atoms with Crippen molar-refractivity contribution in [3.8, 4) is 0 Å². The normalized spacial score (nSPS) is 12.8. The van der Waals surface area contributed by atoms with E-state index in [2.05, 4.69) is 10.9 Å². The lowest BCUT2D eigenvalue weighted by atomic mass is 10.2. The van der Waals surface area contributed by atoms with Gasteiger partial charge >= 0.3 is 0 Å². The lowest BCUT2D eigenvalue weighted by Crippen LogP contribution is -2.41. The molecule has 108 valence electrons. The third-order valence-electron chi connectivity index (χ3n) is 3.37. The Labute approximate surface area is 131 Å².